The van der Waals surface area contributed by atoms with Crippen molar-refractivity contribution in [1.29, 1.82) is 0 Å². The molecule has 1 radical (unpaired) electrons. The van der Waals surface area contributed by atoms with Crippen LogP contribution in [0.2, 0.25) is 0 Å². The first-order chi connectivity index (χ1) is 4.33. The Bertz CT molecular complexity index is 140. The molecule has 0 heteroatoms. The summed E-state index contributed by atoms with van der Waals surface area (Å²) in [6.45, 7) is 4.33. The van der Waals surface area contributed by atoms with Gasteiger partial charge in [0.2, 0.25) is 0 Å². The Morgan fingerprint density at radius 2 is 2.56 bits per heavy atom. The van der Waals surface area contributed by atoms with Crippen molar-refractivity contribution in [2.45, 2.75) is 26.7 Å². The van der Waals surface area contributed by atoms with Gasteiger partial charge in [-0.2, -0.15) is 0 Å². The van der Waals surface area contributed by atoms with E-state index in [4.69, 9.17) is 0 Å². The Morgan fingerprint density at radius 1 is 1.78 bits per heavy atom. The highest BCUT2D eigenvalue weighted by atomic mass is 14.1. The minimum atomic E-state index is 0.689. The van der Waals surface area contributed by atoms with Crippen LogP contribution in [-0.4, -0.2) is 0 Å². The molecule has 0 saturated heterocycles. The summed E-state index contributed by atoms with van der Waals surface area (Å²) >= 11 is 0. The fourth-order valence-electron chi connectivity index (χ4n) is 0.989. The van der Waals surface area contributed by atoms with E-state index in [1.165, 1.54) is 18.4 Å². The lowest BCUT2D eigenvalue weighted by atomic mass is 9.95. The van der Waals surface area contributed by atoms with Gasteiger partial charge >= 0.3 is 0 Å². The Kier molecular flexibility index (Phi) is 2.10. The van der Waals surface area contributed by atoms with Crippen molar-refractivity contribution >= 4 is 0 Å². The maximum Gasteiger partial charge on any atom is -0.0127 e. The fourth-order valence-corrected chi connectivity index (χ4v) is 0.989. The van der Waals surface area contributed by atoms with Gasteiger partial charge in [-0.1, -0.05) is 24.6 Å². The number of hydrogen-bond donors (Lipinski definition) is 0. The lowest BCUT2D eigenvalue weighted by Crippen LogP contribution is -1.96. The monoisotopic (exact) mass is 121 g/mol. The molecule has 0 N–H and O–H groups in total. The molecule has 49 valence electrons. The van der Waals surface area contributed by atoms with Crippen LogP contribution in [0.1, 0.15) is 26.7 Å². The molecule has 0 amide bonds. The highest BCUT2D eigenvalue weighted by Gasteiger charge is 2.03. The average molecular weight is 121 g/mol. The van der Waals surface area contributed by atoms with Crippen LogP contribution in [0.25, 0.3) is 0 Å². The van der Waals surface area contributed by atoms with Gasteiger partial charge in [-0.3, -0.25) is 0 Å². The van der Waals surface area contributed by atoms with Crippen LogP contribution in [0.15, 0.2) is 17.7 Å². The standard InChI is InChI=1S/C9H13/c1-3-9-6-4-8(2)5-7-9/h4-5,9H,3,6H2,1-2H3/t9-/m0/s1. The van der Waals surface area contributed by atoms with Crippen molar-refractivity contribution in [3.05, 3.63) is 23.8 Å². The van der Waals surface area contributed by atoms with E-state index in [2.05, 4.69) is 32.1 Å². The summed E-state index contributed by atoms with van der Waals surface area (Å²) in [5.41, 5.74) is 1.36. The molecule has 0 unspecified atom stereocenters. The van der Waals surface area contributed by atoms with Gasteiger partial charge in [0, 0.05) is 0 Å². The van der Waals surface area contributed by atoms with Crippen LogP contribution in [0.4, 0.5) is 0 Å². The first-order valence-corrected chi connectivity index (χ1v) is 3.59. The molecule has 9 heavy (non-hydrogen) atoms. The molecule has 0 bridgehead atoms. The van der Waals surface area contributed by atoms with Crippen molar-refractivity contribution in [1.82, 2.24) is 0 Å². The third-order valence-corrected chi connectivity index (χ3v) is 1.76. The Balaban J connectivity index is 2.48. The lowest BCUT2D eigenvalue weighted by molar-refractivity contribution is 0.612. The second kappa shape index (κ2) is 2.86. The molecule has 1 aliphatic rings. The molecule has 1 rings (SSSR count). The highest BCUT2D eigenvalue weighted by Crippen LogP contribution is 2.17. The number of allylic oxidation sites excluding steroid dienone is 4. The Labute approximate surface area is 57.3 Å². The second-order valence-electron chi connectivity index (χ2n) is 2.60. The Hall–Kier alpha value is -0.520. The highest BCUT2D eigenvalue weighted by molar-refractivity contribution is 5.18. The SMILES string of the molecule is CC[C@@H]1[C]=CC(C)=CC1. The maximum absolute atomic E-state index is 3.33. The zero-order valence-electron chi connectivity index (χ0n) is 6.15. The predicted molar refractivity (Wildman–Crippen MR) is 40.0 cm³/mol. The third kappa shape index (κ3) is 1.70. The van der Waals surface area contributed by atoms with E-state index in [0.29, 0.717) is 5.92 Å². The largest absolute Gasteiger partial charge is 0.0810 e. The molecule has 0 heterocycles. The van der Waals surface area contributed by atoms with Gasteiger partial charge in [0.25, 0.3) is 0 Å². The smallest absolute Gasteiger partial charge is 0.0127 e. The third-order valence-electron chi connectivity index (χ3n) is 1.76. The Morgan fingerprint density at radius 3 is 3.00 bits per heavy atom. The molecule has 1 aliphatic carbocycles. The van der Waals surface area contributed by atoms with E-state index in [0.717, 1.165) is 0 Å². The summed E-state index contributed by atoms with van der Waals surface area (Å²) in [5, 5.41) is 0. The van der Waals surface area contributed by atoms with Gasteiger partial charge < -0.3 is 0 Å². The van der Waals surface area contributed by atoms with Gasteiger partial charge in [-0.25, -0.2) is 0 Å². The summed E-state index contributed by atoms with van der Waals surface area (Å²) in [5.74, 6) is 0.689. The van der Waals surface area contributed by atoms with Gasteiger partial charge in [-0.15, -0.1) is 0 Å². The topological polar surface area (TPSA) is 0 Å². The lowest BCUT2D eigenvalue weighted by Gasteiger charge is -2.10. The molecule has 0 spiro atoms. The molecule has 0 nitrogen and oxygen atoms in total. The summed E-state index contributed by atoms with van der Waals surface area (Å²) in [6.07, 6.45) is 10.1. The molecule has 0 fully saturated rings. The van der Waals surface area contributed by atoms with Crippen LogP contribution >= 0.6 is 0 Å². The van der Waals surface area contributed by atoms with E-state index in [1.807, 2.05) is 0 Å². The molecule has 0 aliphatic heterocycles. The minimum absolute atomic E-state index is 0.689. The van der Waals surface area contributed by atoms with Crippen LogP contribution in [0, 0.1) is 12.0 Å². The zero-order chi connectivity index (χ0) is 6.69. The normalized spacial score (nSPS) is 26.0. The quantitative estimate of drug-likeness (QED) is 0.500. The summed E-state index contributed by atoms with van der Waals surface area (Å²) in [7, 11) is 0. The molecular weight excluding hydrogens is 108 g/mol. The van der Waals surface area contributed by atoms with Crippen LogP contribution in [-0.2, 0) is 0 Å². The van der Waals surface area contributed by atoms with Crippen molar-refractivity contribution in [3.8, 4) is 0 Å². The second-order valence-corrected chi connectivity index (χ2v) is 2.60. The van der Waals surface area contributed by atoms with Gasteiger partial charge in [0.15, 0.2) is 0 Å². The predicted octanol–water partition coefficient (Wildman–Crippen LogP) is 2.72. The molecule has 1 atom stereocenters. The summed E-state index contributed by atoms with van der Waals surface area (Å²) < 4.78 is 0. The molecule has 0 aromatic carbocycles. The van der Waals surface area contributed by atoms with Crippen molar-refractivity contribution < 1.29 is 0 Å². The zero-order valence-corrected chi connectivity index (χ0v) is 6.15. The van der Waals surface area contributed by atoms with E-state index >= 15 is 0 Å². The summed E-state index contributed by atoms with van der Waals surface area (Å²) in [4.78, 5) is 0. The number of hydrogen-bond acceptors (Lipinski definition) is 0. The van der Waals surface area contributed by atoms with Gasteiger partial charge in [0.1, 0.15) is 0 Å². The maximum atomic E-state index is 3.33. The van der Waals surface area contributed by atoms with Crippen LogP contribution in [0.5, 0.6) is 0 Å². The van der Waals surface area contributed by atoms with E-state index in [1.54, 1.807) is 0 Å². The van der Waals surface area contributed by atoms with E-state index in [-0.39, 0.29) is 0 Å². The molecule has 0 aromatic rings. The minimum Gasteiger partial charge on any atom is -0.0810 e. The first-order valence-electron chi connectivity index (χ1n) is 3.59. The number of rotatable bonds is 1. The van der Waals surface area contributed by atoms with E-state index in [9.17, 15) is 0 Å². The van der Waals surface area contributed by atoms with Crippen LogP contribution in [0.3, 0.4) is 0 Å². The molecule has 0 aromatic heterocycles. The molecular formula is C9H13. The van der Waals surface area contributed by atoms with Gasteiger partial charge in [0.05, 0.1) is 0 Å². The van der Waals surface area contributed by atoms with Crippen molar-refractivity contribution in [3.63, 3.8) is 0 Å². The van der Waals surface area contributed by atoms with Gasteiger partial charge in [-0.05, 0) is 31.8 Å². The van der Waals surface area contributed by atoms with Crippen LogP contribution < -0.4 is 0 Å². The first kappa shape index (κ1) is 6.60. The molecule has 0 saturated carbocycles. The van der Waals surface area contributed by atoms with Crippen molar-refractivity contribution in [2.75, 3.05) is 0 Å². The van der Waals surface area contributed by atoms with Crippen molar-refractivity contribution in [2.24, 2.45) is 5.92 Å². The average Bonchev–Trinajstić information content (AvgIpc) is 1.90. The summed E-state index contributed by atoms with van der Waals surface area (Å²) in [6, 6.07) is 0. The fraction of sp³-hybridized carbons (Fsp3) is 0.556. The van der Waals surface area contributed by atoms with E-state index < -0.39 is 0 Å².